The SMILES string of the molecule is COC(=O)NCCCCCCn1c(=O)n(CCCCCCNC(=O)OC)c(=O)n(CCCCCCN2C(=O)N(NC(=O)OC)C2=O)c1=O. The van der Waals surface area contributed by atoms with E-state index in [1.54, 1.807) is 0 Å². The number of hydrogen-bond acceptors (Lipinski definition) is 11. The zero-order valence-electron chi connectivity index (χ0n) is 28.0. The van der Waals surface area contributed by atoms with Gasteiger partial charge in [-0.15, -0.1) is 5.01 Å². The minimum atomic E-state index is -0.938. The van der Waals surface area contributed by atoms with Crippen LogP contribution in [-0.2, 0) is 33.8 Å². The molecule has 19 nitrogen and oxygen atoms in total. The molecule has 7 amide bonds. The van der Waals surface area contributed by atoms with Gasteiger partial charge in [0.2, 0.25) is 0 Å². The summed E-state index contributed by atoms with van der Waals surface area (Å²) in [6.45, 7) is 1.40. The van der Waals surface area contributed by atoms with E-state index in [0.717, 1.165) is 38.6 Å². The van der Waals surface area contributed by atoms with Gasteiger partial charge in [0.25, 0.3) is 0 Å². The molecule has 0 aromatic carbocycles. The molecule has 0 unspecified atom stereocenters. The summed E-state index contributed by atoms with van der Waals surface area (Å²) < 4.78 is 16.7. The van der Waals surface area contributed by atoms with E-state index in [-0.39, 0.29) is 26.2 Å². The molecule has 1 aromatic heterocycles. The second-order valence-corrected chi connectivity index (χ2v) is 11.0. The van der Waals surface area contributed by atoms with Crippen molar-refractivity contribution in [3.63, 3.8) is 0 Å². The Bertz CT molecular complexity index is 1340. The molecular formula is C29H48N8O11. The maximum atomic E-state index is 13.3. The lowest BCUT2D eigenvalue weighted by atomic mass is 10.2. The number of methoxy groups -OCH3 is 3. The molecule has 0 spiro atoms. The fraction of sp³-hybridized carbons (Fsp3) is 0.724. The Hall–Kier alpha value is -4.84. The zero-order valence-corrected chi connectivity index (χ0v) is 28.0. The third-order valence-corrected chi connectivity index (χ3v) is 7.66. The third kappa shape index (κ3) is 12.1. The number of rotatable bonds is 22. The molecule has 0 atom stereocenters. The van der Waals surface area contributed by atoms with Gasteiger partial charge in [-0.2, -0.15) is 0 Å². The van der Waals surface area contributed by atoms with E-state index in [9.17, 15) is 38.4 Å². The number of unbranched alkanes of at least 4 members (excludes halogenated alkanes) is 9. The first kappa shape index (κ1) is 39.3. The van der Waals surface area contributed by atoms with Gasteiger partial charge in [-0.3, -0.25) is 0 Å². The van der Waals surface area contributed by atoms with E-state index in [1.165, 1.54) is 14.2 Å². The van der Waals surface area contributed by atoms with Crippen molar-refractivity contribution in [3.8, 4) is 0 Å². The molecule has 19 heteroatoms. The van der Waals surface area contributed by atoms with Gasteiger partial charge in [0.15, 0.2) is 0 Å². The summed E-state index contributed by atoms with van der Waals surface area (Å²) in [5.41, 5.74) is 0.0244. The topological polar surface area (TPSA) is 222 Å². The van der Waals surface area contributed by atoms with Crippen molar-refractivity contribution in [1.82, 2.24) is 39.7 Å². The Morgan fingerprint density at radius 3 is 1.17 bits per heavy atom. The molecule has 1 fully saturated rings. The third-order valence-electron chi connectivity index (χ3n) is 7.66. The summed E-state index contributed by atoms with van der Waals surface area (Å²) in [5.74, 6) is 0. The maximum Gasteiger partial charge on any atom is 0.426 e. The van der Waals surface area contributed by atoms with Gasteiger partial charge in [0, 0.05) is 39.3 Å². The average Bonchev–Trinajstić information content (AvgIpc) is 3.08. The molecule has 0 bridgehead atoms. The first-order valence-corrected chi connectivity index (χ1v) is 16.2. The van der Waals surface area contributed by atoms with E-state index >= 15 is 0 Å². The second-order valence-electron chi connectivity index (χ2n) is 11.0. The van der Waals surface area contributed by atoms with Gasteiger partial charge in [-0.05, 0) is 38.5 Å². The number of hydrogen-bond donors (Lipinski definition) is 3. The first-order chi connectivity index (χ1) is 23.1. The van der Waals surface area contributed by atoms with Crippen LogP contribution < -0.4 is 33.1 Å². The smallest absolute Gasteiger partial charge is 0.426 e. The summed E-state index contributed by atoms with van der Waals surface area (Å²) in [6, 6.07) is -1.34. The van der Waals surface area contributed by atoms with Crippen LogP contribution in [0.3, 0.4) is 0 Å². The summed E-state index contributed by atoms with van der Waals surface area (Å²) in [4.78, 5) is 98.6. The minimum absolute atomic E-state index is 0.0920. The van der Waals surface area contributed by atoms with Crippen molar-refractivity contribution in [1.29, 1.82) is 0 Å². The molecule has 3 N–H and O–H groups in total. The van der Waals surface area contributed by atoms with Crippen LogP contribution in [0.25, 0.3) is 0 Å². The largest absolute Gasteiger partial charge is 0.453 e. The predicted molar refractivity (Wildman–Crippen MR) is 170 cm³/mol. The number of nitrogens with zero attached hydrogens (tertiary/aromatic N) is 5. The van der Waals surface area contributed by atoms with E-state index in [1.807, 2.05) is 5.43 Å². The fourth-order valence-corrected chi connectivity index (χ4v) is 4.96. The van der Waals surface area contributed by atoms with Crippen molar-refractivity contribution in [2.45, 2.75) is 96.7 Å². The zero-order chi connectivity index (χ0) is 35.5. The number of imide groups is 2. The van der Waals surface area contributed by atoms with Crippen molar-refractivity contribution < 1.29 is 38.2 Å². The van der Waals surface area contributed by atoms with Crippen LogP contribution in [0.15, 0.2) is 14.4 Å². The molecule has 1 saturated heterocycles. The van der Waals surface area contributed by atoms with Crippen LogP contribution in [0.1, 0.15) is 77.0 Å². The molecule has 1 aliphatic heterocycles. The number of aromatic nitrogens is 3. The minimum Gasteiger partial charge on any atom is -0.453 e. The highest BCUT2D eigenvalue weighted by Gasteiger charge is 2.44. The lowest BCUT2D eigenvalue weighted by Crippen LogP contribution is -2.69. The van der Waals surface area contributed by atoms with Crippen molar-refractivity contribution >= 4 is 30.3 Å². The highest BCUT2D eigenvalue weighted by molar-refractivity contribution is 6.12. The molecule has 48 heavy (non-hydrogen) atoms. The number of alkyl carbamates (subject to hydrolysis) is 2. The normalized spacial score (nSPS) is 12.4. The Balaban J connectivity index is 1.95. The number of ether oxygens (including phenoxy) is 3. The molecule has 1 aromatic rings. The van der Waals surface area contributed by atoms with Crippen LogP contribution in [0, 0.1) is 0 Å². The maximum absolute atomic E-state index is 13.3. The standard InChI is InChI=1S/C29H48N8O11/c1-46-22(38)30-16-10-4-6-12-18-33-25(41)34(19-13-7-5-11-17-31-23(39)47-2)27(43)35(26(33)42)20-14-8-9-15-21-36-28(44)37(29(36)45)32-24(40)48-3/h4-21H2,1-3H3,(H,30,38)(H,31,39)(H,32,40). The van der Waals surface area contributed by atoms with Gasteiger partial charge in [0.05, 0.1) is 21.3 Å². The van der Waals surface area contributed by atoms with Gasteiger partial charge >= 0.3 is 47.4 Å². The van der Waals surface area contributed by atoms with Crippen LogP contribution in [-0.4, -0.2) is 94.9 Å². The summed E-state index contributed by atoms with van der Waals surface area (Å²) in [5, 5.41) is 5.75. The van der Waals surface area contributed by atoms with E-state index in [4.69, 9.17) is 0 Å². The number of nitrogens with one attached hydrogen (secondary N) is 3. The predicted octanol–water partition coefficient (Wildman–Crippen LogP) is 1.69. The number of hydrazine groups is 1. The molecular weight excluding hydrogens is 636 g/mol. The summed E-state index contributed by atoms with van der Waals surface area (Å²) >= 11 is 0. The van der Waals surface area contributed by atoms with Gasteiger partial charge < -0.3 is 24.8 Å². The molecule has 0 aliphatic carbocycles. The van der Waals surface area contributed by atoms with Crippen LogP contribution in [0.5, 0.6) is 0 Å². The Morgan fingerprint density at radius 2 is 0.812 bits per heavy atom. The van der Waals surface area contributed by atoms with Crippen LogP contribution in [0.4, 0.5) is 24.0 Å². The number of carbonyl (C=O) groups is 5. The van der Waals surface area contributed by atoms with Gasteiger partial charge in [-0.1, -0.05) is 38.5 Å². The second kappa shape index (κ2) is 21.1. The fourth-order valence-electron chi connectivity index (χ4n) is 4.96. The van der Waals surface area contributed by atoms with Gasteiger partial charge in [0.1, 0.15) is 0 Å². The number of urea groups is 2. The Morgan fingerprint density at radius 1 is 0.479 bits per heavy atom. The van der Waals surface area contributed by atoms with E-state index in [2.05, 4.69) is 24.8 Å². The monoisotopic (exact) mass is 684 g/mol. The molecule has 0 radical (unpaired) electrons. The molecule has 0 saturated carbocycles. The van der Waals surface area contributed by atoms with Crippen molar-refractivity contribution in [2.24, 2.45) is 0 Å². The highest BCUT2D eigenvalue weighted by Crippen LogP contribution is 2.15. The van der Waals surface area contributed by atoms with Crippen LogP contribution in [0.2, 0.25) is 0 Å². The molecule has 2 rings (SSSR count). The lowest BCUT2D eigenvalue weighted by molar-refractivity contribution is 0.0759. The lowest BCUT2D eigenvalue weighted by Gasteiger charge is -2.37. The Kier molecular flexibility index (Phi) is 17.3. The van der Waals surface area contributed by atoms with Crippen molar-refractivity contribution in [2.75, 3.05) is 41.0 Å². The first-order valence-electron chi connectivity index (χ1n) is 16.2. The van der Waals surface area contributed by atoms with E-state index < -0.39 is 47.4 Å². The van der Waals surface area contributed by atoms with Gasteiger partial charge in [-0.25, -0.2) is 62.4 Å². The highest BCUT2D eigenvalue weighted by atomic mass is 16.5. The molecule has 1 aliphatic rings. The van der Waals surface area contributed by atoms with Crippen LogP contribution >= 0.6 is 0 Å². The molecule has 270 valence electrons. The quantitative estimate of drug-likeness (QED) is 0.118. The Labute approximate surface area is 277 Å². The summed E-state index contributed by atoms with van der Waals surface area (Å²) in [6.07, 6.45) is 5.52. The molecule has 2 heterocycles. The van der Waals surface area contributed by atoms with E-state index in [0.29, 0.717) is 82.3 Å². The number of amides is 7. The average molecular weight is 685 g/mol. The van der Waals surface area contributed by atoms with Crippen molar-refractivity contribution in [3.05, 3.63) is 31.5 Å². The number of carbonyl (C=O) groups excluding carboxylic acids is 5. The summed E-state index contributed by atoms with van der Waals surface area (Å²) in [7, 11) is 3.68.